The quantitative estimate of drug-likeness (QED) is 0.796. The number of benzene rings is 1. The molecule has 116 valence electrons. The van der Waals surface area contributed by atoms with Crippen LogP contribution >= 0.6 is 34.5 Å². The van der Waals surface area contributed by atoms with E-state index in [9.17, 15) is 9.59 Å². The van der Waals surface area contributed by atoms with Gasteiger partial charge in [-0.1, -0.05) is 29.3 Å². The monoisotopic (exact) mass is 357 g/mol. The Bertz CT molecular complexity index is 680. The number of ether oxygens (including phenoxy) is 1. The van der Waals surface area contributed by atoms with E-state index in [-0.39, 0.29) is 18.3 Å². The van der Waals surface area contributed by atoms with Crippen molar-refractivity contribution in [3.8, 4) is 5.75 Å². The fourth-order valence-corrected chi connectivity index (χ4v) is 3.04. The van der Waals surface area contributed by atoms with Gasteiger partial charge in [0, 0.05) is 11.8 Å². The summed E-state index contributed by atoms with van der Waals surface area (Å²) >= 11 is 13.3. The molecular formula is C15H13Cl2NO3S. The zero-order valence-electron chi connectivity index (χ0n) is 11.7. The van der Waals surface area contributed by atoms with Gasteiger partial charge in [0.05, 0.1) is 21.5 Å². The van der Waals surface area contributed by atoms with Crippen LogP contribution in [-0.4, -0.2) is 18.3 Å². The molecule has 1 N–H and O–H groups in total. The van der Waals surface area contributed by atoms with Gasteiger partial charge >= 0.3 is 0 Å². The van der Waals surface area contributed by atoms with E-state index in [0.29, 0.717) is 27.2 Å². The van der Waals surface area contributed by atoms with Crippen molar-refractivity contribution in [2.45, 2.75) is 13.5 Å². The number of carbonyl (C=O) groups excluding carboxylic acids is 2. The van der Waals surface area contributed by atoms with Crippen LogP contribution in [0.5, 0.6) is 5.75 Å². The fraction of sp³-hybridized carbons (Fsp3) is 0.200. The SMILES string of the molecule is CC(=O)NCc1ccc(C(=O)COc2c(Cl)cccc2Cl)s1. The van der Waals surface area contributed by atoms with Crippen molar-refractivity contribution in [1.29, 1.82) is 0 Å². The largest absolute Gasteiger partial charge is 0.482 e. The maximum atomic E-state index is 12.1. The average molecular weight is 358 g/mol. The van der Waals surface area contributed by atoms with Crippen molar-refractivity contribution in [3.63, 3.8) is 0 Å². The van der Waals surface area contributed by atoms with Gasteiger partial charge in [0.1, 0.15) is 0 Å². The van der Waals surface area contributed by atoms with Gasteiger partial charge in [-0.15, -0.1) is 11.3 Å². The molecule has 0 saturated carbocycles. The van der Waals surface area contributed by atoms with Crippen LogP contribution in [0.25, 0.3) is 0 Å². The van der Waals surface area contributed by atoms with Crippen LogP contribution in [0.4, 0.5) is 0 Å². The Labute approximate surface area is 142 Å². The van der Waals surface area contributed by atoms with E-state index < -0.39 is 0 Å². The number of hydrogen-bond donors (Lipinski definition) is 1. The lowest BCUT2D eigenvalue weighted by molar-refractivity contribution is -0.119. The summed E-state index contributed by atoms with van der Waals surface area (Å²) in [7, 11) is 0. The lowest BCUT2D eigenvalue weighted by Gasteiger charge is -2.08. The Morgan fingerprint density at radius 2 is 1.86 bits per heavy atom. The second-order valence-corrected chi connectivity index (χ2v) is 6.42. The molecule has 0 aliphatic rings. The summed E-state index contributed by atoms with van der Waals surface area (Å²) in [6.45, 7) is 1.70. The minimum absolute atomic E-state index is 0.113. The van der Waals surface area contributed by atoms with Gasteiger partial charge in [-0.05, 0) is 24.3 Å². The first kappa shape index (κ1) is 16.8. The first-order valence-corrected chi connectivity index (χ1v) is 7.98. The number of halogens is 2. The van der Waals surface area contributed by atoms with Gasteiger partial charge in [0.2, 0.25) is 11.7 Å². The number of carbonyl (C=O) groups is 2. The van der Waals surface area contributed by atoms with E-state index in [1.165, 1.54) is 18.3 Å². The van der Waals surface area contributed by atoms with E-state index in [0.717, 1.165) is 4.88 Å². The molecule has 0 spiro atoms. The van der Waals surface area contributed by atoms with Crippen LogP contribution in [0.3, 0.4) is 0 Å². The molecule has 0 bridgehead atoms. The minimum atomic E-state index is -0.171. The van der Waals surface area contributed by atoms with E-state index in [1.54, 1.807) is 30.3 Å². The molecule has 7 heteroatoms. The van der Waals surface area contributed by atoms with Crippen molar-refractivity contribution in [2.75, 3.05) is 6.61 Å². The molecule has 0 aliphatic heterocycles. The summed E-state index contributed by atoms with van der Waals surface area (Å²) in [6, 6.07) is 8.50. The normalized spacial score (nSPS) is 10.3. The molecule has 2 aromatic rings. The first-order valence-electron chi connectivity index (χ1n) is 6.40. The molecule has 0 fully saturated rings. The van der Waals surface area contributed by atoms with Crippen LogP contribution < -0.4 is 10.1 Å². The molecule has 1 heterocycles. The molecular weight excluding hydrogens is 345 g/mol. The highest BCUT2D eigenvalue weighted by Gasteiger charge is 2.13. The molecule has 1 aromatic carbocycles. The van der Waals surface area contributed by atoms with Gasteiger partial charge in [-0.2, -0.15) is 0 Å². The Morgan fingerprint density at radius 1 is 1.18 bits per heavy atom. The van der Waals surface area contributed by atoms with Gasteiger partial charge in [0.15, 0.2) is 12.4 Å². The molecule has 0 unspecified atom stereocenters. The highest BCUT2D eigenvalue weighted by molar-refractivity contribution is 7.14. The maximum absolute atomic E-state index is 12.1. The Morgan fingerprint density at radius 3 is 2.50 bits per heavy atom. The van der Waals surface area contributed by atoms with Gasteiger partial charge < -0.3 is 10.1 Å². The molecule has 0 aliphatic carbocycles. The fourth-order valence-electron chi connectivity index (χ4n) is 1.66. The molecule has 0 saturated heterocycles. The predicted octanol–water partition coefficient (Wildman–Crippen LogP) is 3.95. The third-order valence-electron chi connectivity index (χ3n) is 2.71. The Hall–Kier alpha value is -1.56. The van der Waals surface area contributed by atoms with E-state index in [2.05, 4.69) is 5.32 Å². The molecule has 0 radical (unpaired) electrons. The highest BCUT2D eigenvalue weighted by atomic mass is 35.5. The van der Waals surface area contributed by atoms with E-state index >= 15 is 0 Å². The average Bonchev–Trinajstić information content (AvgIpc) is 2.93. The first-order chi connectivity index (χ1) is 10.5. The third-order valence-corrected chi connectivity index (χ3v) is 4.44. The number of thiophene rings is 1. The molecule has 4 nitrogen and oxygen atoms in total. The lowest BCUT2D eigenvalue weighted by Crippen LogP contribution is -2.18. The molecule has 1 amide bonds. The third kappa shape index (κ3) is 4.47. The van der Waals surface area contributed by atoms with Crippen LogP contribution in [0, 0.1) is 0 Å². The Kier molecular flexibility index (Phi) is 5.83. The molecule has 22 heavy (non-hydrogen) atoms. The maximum Gasteiger partial charge on any atom is 0.217 e. The number of hydrogen-bond acceptors (Lipinski definition) is 4. The molecule has 2 rings (SSSR count). The highest BCUT2D eigenvalue weighted by Crippen LogP contribution is 2.32. The van der Waals surface area contributed by atoms with Crippen LogP contribution in [0.15, 0.2) is 30.3 Å². The summed E-state index contributed by atoms with van der Waals surface area (Å²) in [6.07, 6.45) is 0. The number of para-hydroxylation sites is 1. The van der Waals surface area contributed by atoms with Crippen LogP contribution in [0.2, 0.25) is 10.0 Å². The zero-order valence-corrected chi connectivity index (χ0v) is 14.0. The molecule has 0 atom stereocenters. The predicted molar refractivity (Wildman–Crippen MR) is 88.1 cm³/mol. The summed E-state index contributed by atoms with van der Waals surface area (Å²) in [5.41, 5.74) is 0. The van der Waals surface area contributed by atoms with Crippen molar-refractivity contribution in [2.24, 2.45) is 0 Å². The van der Waals surface area contributed by atoms with Crippen molar-refractivity contribution in [3.05, 3.63) is 50.1 Å². The van der Waals surface area contributed by atoms with Gasteiger partial charge in [0.25, 0.3) is 0 Å². The topological polar surface area (TPSA) is 55.4 Å². The number of rotatable bonds is 6. The number of Topliss-reactive ketones (excluding diaryl/α,β-unsaturated/α-hetero) is 1. The zero-order chi connectivity index (χ0) is 16.1. The van der Waals surface area contributed by atoms with E-state index in [1.807, 2.05) is 0 Å². The second-order valence-electron chi connectivity index (χ2n) is 4.44. The smallest absolute Gasteiger partial charge is 0.217 e. The van der Waals surface area contributed by atoms with Crippen molar-refractivity contribution < 1.29 is 14.3 Å². The Balaban J connectivity index is 1.96. The summed E-state index contributed by atoms with van der Waals surface area (Å²) in [4.78, 5) is 24.4. The van der Waals surface area contributed by atoms with E-state index in [4.69, 9.17) is 27.9 Å². The van der Waals surface area contributed by atoms with Crippen LogP contribution in [0.1, 0.15) is 21.5 Å². The van der Waals surface area contributed by atoms with Crippen molar-refractivity contribution in [1.82, 2.24) is 5.32 Å². The summed E-state index contributed by atoms with van der Waals surface area (Å²) in [5.74, 6) is 0.0160. The van der Waals surface area contributed by atoms with Gasteiger partial charge in [-0.25, -0.2) is 0 Å². The number of amides is 1. The lowest BCUT2D eigenvalue weighted by atomic mass is 10.3. The summed E-state index contributed by atoms with van der Waals surface area (Å²) < 4.78 is 5.41. The van der Waals surface area contributed by atoms with Crippen molar-refractivity contribution >= 4 is 46.2 Å². The summed E-state index contributed by atoms with van der Waals surface area (Å²) in [5, 5.41) is 3.40. The standard InChI is InChI=1S/C15H13Cl2NO3S/c1-9(19)18-7-10-5-6-14(22-10)13(20)8-21-15-11(16)3-2-4-12(15)17/h2-6H,7-8H2,1H3,(H,18,19). The van der Waals surface area contributed by atoms with Crippen LogP contribution in [-0.2, 0) is 11.3 Å². The second kappa shape index (κ2) is 7.63. The van der Waals surface area contributed by atoms with Gasteiger partial charge in [-0.3, -0.25) is 9.59 Å². The molecule has 1 aromatic heterocycles. The number of nitrogens with one attached hydrogen (secondary N) is 1. The number of ketones is 1. The minimum Gasteiger partial charge on any atom is -0.482 e.